The van der Waals surface area contributed by atoms with Crippen LogP contribution >= 0.6 is 0 Å². The molecule has 0 unspecified atom stereocenters. The molecule has 0 aliphatic carbocycles. The number of nitrogens with zero attached hydrogens (tertiary/aromatic N) is 1. The van der Waals surface area contributed by atoms with Gasteiger partial charge in [-0.3, -0.25) is 4.79 Å². The van der Waals surface area contributed by atoms with E-state index in [1.54, 1.807) is 12.1 Å². The molecule has 1 fully saturated rings. The molecule has 148 valence electrons. The molecule has 1 saturated heterocycles. The number of esters is 1. The standard InChI is InChI=1S/C23H27NO4/c1-17-9-8-10-18(2)24(17)22(25)16-28-23(26)21-14-7-6-11-19(21)15-27-20-12-4-3-5-13-20/h3-7,11-14,17-18H,8-10,15-16H2,1-2H3/t17-,18-/m0/s1. The van der Waals surface area contributed by atoms with Gasteiger partial charge in [-0.25, -0.2) is 4.79 Å². The summed E-state index contributed by atoms with van der Waals surface area (Å²) in [6.45, 7) is 4.11. The summed E-state index contributed by atoms with van der Waals surface area (Å²) in [5.74, 6) is 0.0953. The molecule has 0 saturated carbocycles. The Hall–Kier alpha value is -2.82. The predicted octanol–water partition coefficient (Wildman–Crippen LogP) is 4.21. The summed E-state index contributed by atoms with van der Waals surface area (Å²) >= 11 is 0. The third kappa shape index (κ3) is 4.91. The molecule has 0 bridgehead atoms. The van der Waals surface area contributed by atoms with Crippen LogP contribution in [0.1, 0.15) is 49.0 Å². The second kappa shape index (κ2) is 9.40. The van der Waals surface area contributed by atoms with Gasteiger partial charge in [-0.2, -0.15) is 0 Å². The molecule has 1 aliphatic heterocycles. The third-order valence-corrected chi connectivity index (χ3v) is 5.18. The van der Waals surface area contributed by atoms with Crippen molar-refractivity contribution in [3.63, 3.8) is 0 Å². The molecular formula is C23H27NO4. The van der Waals surface area contributed by atoms with E-state index in [0.29, 0.717) is 5.56 Å². The first kappa shape index (κ1) is 19.9. The van der Waals surface area contributed by atoms with Crippen molar-refractivity contribution in [2.24, 2.45) is 0 Å². The van der Waals surface area contributed by atoms with Crippen molar-refractivity contribution >= 4 is 11.9 Å². The van der Waals surface area contributed by atoms with E-state index in [4.69, 9.17) is 9.47 Å². The number of benzene rings is 2. The highest BCUT2D eigenvalue weighted by molar-refractivity contribution is 5.92. The minimum Gasteiger partial charge on any atom is -0.489 e. The van der Waals surface area contributed by atoms with Gasteiger partial charge in [0.15, 0.2) is 6.61 Å². The first-order chi connectivity index (χ1) is 13.6. The summed E-state index contributed by atoms with van der Waals surface area (Å²) in [4.78, 5) is 27.0. The molecular weight excluding hydrogens is 354 g/mol. The van der Waals surface area contributed by atoms with Gasteiger partial charge in [-0.15, -0.1) is 0 Å². The summed E-state index contributed by atoms with van der Waals surface area (Å²) < 4.78 is 11.1. The minimum atomic E-state index is -0.502. The van der Waals surface area contributed by atoms with E-state index in [-0.39, 0.29) is 31.2 Å². The van der Waals surface area contributed by atoms with Crippen molar-refractivity contribution in [3.05, 3.63) is 65.7 Å². The molecule has 1 amide bonds. The van der Waals surface area contributed by atoms with E-state index >= 15 is 0 Å². The van der Waals surface area contributed by atoms with Crippen molar-refractivity contribution in [3.8, 4) is 5.75 Å². The quantitative estimate of drug-likeness (QED) is 0.704. The van der Waals surface area contributed by atoms with Gasteiger partial charge in [-0.05, 0) is 51.3 Å². The lowest BCUT2D eigenvalue weighted by Crippen LogP contribution is -2.49. The lowest BCUT2D eigenvalue weighted by atomic mass is 9.97. The van der Waals surface area contributed by atoms with Gasteiger partial charge in [0.2, 0.25) is 0 Å². The first-order valence-electron chi connectivity index (χ1n) is 9.80. The Kier molecular flexibility index (Phi) is 6.69. The van der Waals surface area contributed by atoms with E-state index in [9.17, 15) is 9.59 Å². The maximum atomic E-state index is 12.6. The van der Waals surface area contributed by atoms with Crippen LogP contribution in [0.4, 0.5) is 0 Å². The maximum absolute atomic E-state index is 12.6. The molecule has 1 heterocycles. The van der Waals surface area contributed by atoms with E-state index in [2.05, 4.69) is 0 Å². The molecule has 5 nitrogen and oxygen atoms in total. The zero-order valence-corrected chi connectivity index (χ0v) is 16.5. The zero-order valence-electron chi connectivity index (χ0n) is 16.5. The number of para-hydroxylation sites is 1. The van der Waals surface area contributed by atoms with Crippen molar-refractivity contribution < 1.29 is 19.1 Å². The number of rotatable bonds is 6. The highest BCUT2D eigenvalue weighted by Crippen LogP contribution is 2.23. The normalized spacial score (nSPS) is 19.1. The van der Waals surface area contributed by atoms with Crippen LogP contribution in [0.5, 0.6) is 5.75 Å². The van der Waals surface area contributed by atoms with Crippen LogP contribution in [0.15, 0.2) is 54.6 Å². The SMILES string of the molecule is C[C@H]1CCC[C@H](C)N1C(=O)COC(=O)c1ccccc1COc1ccccc1. The Morgan fingerprint density at radius 2 is 1.61 bits per heavy atom. The van der Waals surface area contributed by atoms with Crippen LogP contribution in [-0.4, -0.2) is 35.5 Å². The Morgan fingerprint density at radius 1 is 0.964 bits per heavy atom. The topological polar surface area (TPSA) is 55.8 Å². The summed E-state index contributed by atoms with van der Waals surface area (Å²) in [6, 6.07) is 16.9. The zero-order chi connectivity index (χ0) is 19.9. The van der Waals surface area contributed by atoms with Gasteiger partial charge in [0, 0.05) is 17.6 Å². The van der Waals surface area contributed by atoms with Crippen molar-refractivity contribution in [2.45, 2.75) is 51.8 Å². The Bertz CT molecular complexity index is 795. The average Bonchev–Trinajstić information content (AvgIpc) is 2.71. The van der Waals surface area contributed by atoms with Crippen molar-refractivity contribution in [1.82, 2.24) is 4.90 Å². The molecule has 28 heavy (non-hydrogen) atoms. The molecule has 1 aliphatic rings. The Labute approximate surface area is 166 Å². The number of piperidine rings is 1. The molecule has 0 radical (unpaired) electrons. The number of likely N-dealkylation sites (tertiary alicyclic amines) is 1. The molecule has 3 rings (SSSR count). The highest BCUT2D eigenvalue weighted by atomic mass is 16.5. The van der Waals surface area contributed by atoms with Crippen molar-refractivity contribution in [2.75, 3.05) is 6.61 Å². The molecule has 5 heteroatoms. The molecule has 0 spiro atoms. The largest absolute Gasteiger partial charge is 0.489 e. The van der Waals surface area contributed by atoms with Crippen LogP contribution in [0, 0.1) is 0 Å². The number of amides is 1. The third-order valence-electron chi connectivity index (χ3n) is 5.18. The number of carbonyl (C=O) groups excluding carboxylic acids is 2. The van der Waals surface area contributed by atoms with E-state index in [1.807, 2.05) is 61.2 Å². The van der Waals surface area contributed by atoms with Crippen molar-refractivity contribution in [1.29, 1.82) is 0 Å². The maximum Gasteiger partial charge on any atom is 0.339 e. The second-order valence-electron chi connectivity index (χ2n) is 7.26. The number of carbonyl (C=O) groups is 2. The van der Waals surface area contributed by atoms with Crippen LogP contribution < -0.4 is 4.74 Å². The fourth-order valence-corrected chi connectivity index (χ4v) is 3.72. The minimum absolute atomic E-state index is 0.133. The van der Waals surface area contributed by atoms with E-state index < -0.39 is 5.97 Å². The number of hydrogen-bond donors (Lipinski definition) is 0. The summed E-state index contributed by atoms with van der Waals surface area (Å²) in [5.41, 5.74) is 1.15. The first-order valence-corrected chi connectivity index (χ1v) is 9.80. The van der Waals surface area contributed by atoms with Gasteiger partial charge in [-0.1, -0.05) is 36.4 Å². The smallest absolute Gasteiger partial charge is 0.339 e. The number of hydrogen-bond acceptors (Lipinski definition) is 4. The van der Waals surface area contributed by atoms with Gasteiger partial charge in [0.25, 0.3) is 5.91 Å². The predicted molar refractivity (Wildman–Crippen MR) is 107 cm³/mol. The summed E-state index contributed by atoms with van der Waals surface area (Å²) in [5, 5.41) is 0. The highest BCUT2D eigenvalue weighted by Gasteiger charge is 2.29. The summed E-state index contributed by atoms with van der Waals surface area (Å²) in [6.07, 6.45) is 3.11. The monoisotopic (exact) mass is 381 g/mol. The van der Waals surface area contributed by atoms with E-state index in [0.717, 1.165) is 30.6 Å². The van der Waals surface area contributed by atoms with Crippen LogP contribution in [-0.2, 0) is 16.1 Å². The molecule has 2 aromatic rings. The lowest BCUT2D eigenvalue weighted by Gasteiger charge is -2.38. The summed E-state index contributed by atoms with van der Waals surface area (Å²) in [7, 11) is 0. The molecule has 2 aromatic carbocycles. The molecule has 0 N–H and O–H groups in total. The fourth-order valence-electron chi connectivity index (χ4n) is 3.72. The second-order valence-corrected chi connectivity index (χ2v) is 7.26. The van der Waals surface area contributed by atoms with Crippen LogP contribution in [0.3, 0.4) is 0 Å². The van der Waals surface area contributed by atoms with Crippen LogP contribution in [0.25, 0.3) is 0 Å². The average molecular weight is 381 g/mol. The Morgan fingerprint density at radius 3 is 2.32 bits per heavy atom. The van der Waals surface area contributed by atoms with E-state index in [1.165, 1.54) is 0 Å². The molecule has 2 atom stereocenters. The molecule has 0 aromatic heterocycles. The lowest BCUT2D eigenvalue weighted by molar-refractivity contribution is -0.140. The Balaban J connectivity index is 1.60. The van der Waals surface area contributed by atoms with Gasteiger partial charge in [0.1, 0.15) is 12.4 Å². The van der Waals surface area contributed by atoms with Gasteiger partial charge >= 0.3 is 5.97 Å². The fraction of sp³-hybridized carbons (Fsp3) is 0.391. The van der Waals surface area contributed by atoms with Gasteiger partial charge < -0.3 is 14.4 Å². The van der Waals surface area contributed by atoms with Crippen LogP contribution in [0.2, 0.25) is 0 Å². The number of ether oxygens (including phenoxy) is 2. The van der Waals surface area contributed by atoms with Gasteiger partial charge in [0.05, 0.1) is 5.56 Å².